The molecule has 0 aliphatic heterocycles. The maximum atomic E-state index is 13.0. The smallest absolute Gasteiger partial charge is 0.387 e. The van der Waals surface area contributed by atoms with Gasteiger partial charge in [-0.05, 0) is 32.1 Å². The molecule has 0 radical (unpaired) electrons. The lowest BCUT2D eigenvalue weighted by molar-refractivity contribution is -0.870. The van der Waals surface area contributed by atoms with E-state index >= 15 is 0 Å². The van der Waals surface area contributed by atoms with Crippen LogP contribution >= 0.6 is 7.82 Å². The number of nitrogens with zero attached hydrogens (tertiary/aromatic N) is 1. The molecule has 0 aromatic heterocycles. The number of rotatable bonds is 65. The molecule has 78 heavy (non-hydrogen) atoms. The average Bonchev–Trinajstić information content (AvgIpc) is 3.41. The summed E-state index contributed by atoms with van der Waals surface area (Å²) in [7, 11) is 1.57. The van der Waals surface area contributed by atoms with E-state index in [1.54, 1.807) is 6.08 Å². The van der Waals surface area contributed by atoms with Gasteiger partial charge in [0, 0.05) is 6.42 Å². The molecule has 0 heterocycles. The molecule has 0 rings (SSSR count). The van der Waals surface area contributed by atoms with Gasteiger partial charge < -0.3 is 19.8 Å². The number of unbranched alkanes of at least 4 members (excludes halogenated alkanes) is 50. The van der Waals surface area contributed by atoms with Crippen molar-refractivity contribution in [3.8, 4) is 0 Å². The van der Waals surface area contributed by atoms with Gasteiger partial charge in [0.05, 0.1) is 39.9 Å². The number of carbonyl (C=O) groups is 1. The van der Waals surface area contributed by atoms with E-state index in [2.05, 4.69) is 31.3 Å². The molecule has 3 N–H and O–H groups in total. The SMILES string of the molecule is CCCCCCCCCCCCCCCCCCCCCCCC/C=C/CC/C=C/C(O)C(COP(=O)(O)OCC[N+](C)(C)C)NC(=O)CCCCCCCCCCCCCCCCCCCCCCCCCCCCCC. The number of amides is 1. The van der Waals surface area contributed by atoms with Gasteiger partial charge in [-0.25, -0.2) is 4.57 Å². The summed E-state index contributed by atoms with van der Waals surface area (Å²) in [6, 6.07) is -0.862. The van der Waals surface area contributed by atoms with E-state index in [9.17, 15) is 19.4 Å². The second-order valence-corrected chi connectivity index (χ2v) is 26.7. The number of quaternary nitrogens is 1. The summed E-state index contributed by atoms with van der Waals surface area (Å²) in [5.74, 6) is -0.178. The maximum absolute atomic E-state index is 13.0. The lowest BCUT2D eigenvalue weighted by Crippen LogP contribution is -2.45. The van der Waals surface area contributed by atoms with Crippen LogP contribution in [0, 0.1) is 0 Å². The zero-order chi connectivity index (χ0) is 57.0. The van der Waals surface area contributed by atoms with E-state index in [0.717, 1.165) is 38.5 Å². The van der Waals surface area contributed by atoms with Crippen molar-refractivity contribution in [2.75, 3.05) is 40.9 Å². The molecule has 0 bridgehead atoms. The Morgan fingerprint density at radius 1 is 0.423 bits per heavy atom. The number of carbonyl (C=O) groups excluding carboxylic acids is 1. The molecule has 464 valence electrons. The number of phosphoric ester groups is 1. The normalized spacial score (nSPS) is 13.8. The molecule has 1 amide bonds. The number of aliphatic hydroxyl groups excluding tert-OH is 1. The van der Waals surface area contributed by atoms with Gasteiger partial charge in [-0.3, -0.25) is 13.8 Å². The van der Waals surface area contributed by atoms with E-state index < -0.39 is 20.0 Å². The first-order chi connectivity index (χ1) is 38.0. The Morgan fingerprint density at radius 3 is 1.03 bits per heavy atom. The van der Waals surface area contributed by atoms with Gasteiger partial charge in [-0.2, -0.15) is 0 Å². The summed E-state index contributed by atoms with van der Waals surface area (Å²) in [5, 5.41) is 14.0. The fraction of sp³-hybridized carbons (Fsp3) is 0.928. The highest BCUT2D eigenvalue weighted by molar-refractivity contribution is 7.47. The highest BCUT2D eigenvalue weighted by Crippen LogP contribution is 2.43. The van der Waals surface area contributed by atoms with Crippen LogP contribution in [0.4, 0.5) is 0 Å². The van der Waals surface area contributed by atoms with Gasteiger partial charge in [0.15, 0.2) is 0 Å². The van der Waals surface area contributed by atoms with Crippen molar-refractivity contribution in [3.05, 3.63) is 24.3 Å². The van der Waals surface area contributed by atoms with Crippen LogP contribution in [0.1, 0.15) is 361 Å². The molecule has 0 spiro atoms. The molecule has 0 aliphatic carbocycles. The first kappa shape index (κ1) is 77.0. The summed E-state index contributed by atoms with van der Waals surface area (Å²) in [4.78, 5) is 23.4. The van der Waals surface area contributed by atoms with Crippen LogP contribution in [-0.2, 0) is 18.4 Å². The maximum Gasteiger partial charge on any atom is 0.472 e. The molecule has 3 atom stereocenters. The van der Waals surface area contributed by atoms with Crippen molar-refractivity contribution in [2.24, 2.45) is 0 Å². The minimum absolute atomic E-state index is 0.0591. The predicted octanol–water partition coefficient (Wildman–Crippen LogP) is 21.9. The molecule has 8 nitrogen and oxygen atoms in total. The van der Waals surface area contributed by atoms with Crippen molar-refractivity contribution >= 4 is 13.7 Å². The second-order valence-electron chi connectivity index (χ2n) is 25.3. The van der Waals surface area contributed by atoms with Gasteiger partial charge in [-0.15, -0.1) is 0 Å². The fourth-order valence-corrected chi connectivity index (χ4v) is 11.5. The van der Waals surface area contributed by atoms with E-state index in [1.807, 2.05) is 27.2 Å². The number of nitrogens with one attached hydrogen (secondary N) is 1. The number of hydrogen-bond acceptors (Lipinski definition) is 5. The third-order valence-corrected chi connectivity index (χ3v) is 17.2. The first-order valence-electron chi connectivity index (χ1n) is 34.7. The Labute approximate surface area is 487 Å². The standard InChI is InChI=1S/C69H137N2O6P/c1-6-8-10-12-14-16-18-20-22-24-26-28-30-32-34-36-38-40-42-44-46-48-50-52-54-56-58-60-62-68(72)67(66-77-78(74,75)76-65-64-71(3,4)5)70-69(73)63-61-59-57-55-53-51-49-47-45-43-41-39-37-35-33-31-29-27-25-23-21-19-17-15-13-11-9-7-2/h52,54,60,62,67-68,72H,6-51,53,55-59,61,63-66H2,1-5H3,(H-,70,73,74,75)/p+1/b54-52+,62-60+. The van der Waals surface area contributed by atoms with Crippen LogP contribution in [-0.4, -0.2) is 73.4 Å². The number of hydrogen-bond donors (Lipinski definition) is 3. The largest absolute Gasteiger partial charge is 0.472 e. The van der Waals surface area contributed by atoms with Gasteiger partial charge in [0.2, 0.25) is 5.91 Å². The Bertz CT molecular complexity index is 1320. The topological polar surface area (TPSA) is 105 Å². The molecular weight excluding hydrogens is 984 g/mol. The van der Waals surface area contributed by atoms with E-state index in [-0.39, 0.29) is 19.1 Å². The zero-order valence-electron chi connectivity index (χ0n) is 53.2. The first-order valence-corrected chi connectivity index (χ1v) is 36.2. The van der Waals surface area contributed by atoms with E-state index in [1.165, 1.54) is 302 Å². The van der Waals surface area contributed by atoms with Gasteiger partial charge in [0.1, 0.15) is 13.2 Å². The predicted molar refractivity (Wildman–Crippen MR) is 342 cm³/mol. The molecule has 0 aromatic carbocycles. The summed E-state index contributed by atoms with van der Waals surface area (Å²) in [5.41, 5.74) is 0. The van der Waals surface area contributed by atoms with Crippen LogP contribution < -0.4 is 5.32 Å². The second kappa shape index (κ2) is 60.6. The Kier molecular flexibility index (Phi) is 59.8. The number of likely N-dealkylation sites (N-methyl/N-ethyl adjacent to an activating group) is 1. The lowest BCUT2D eigenvalue weighted by atomic mass is 10.0. The summed E-state index contributed by atoms with van der Waals surface area (Å²) >= 11 is 0. The highest BCUT2D eigenvalue weighted by Gasteiger charge is 2.28. The Morgan fingerprint density at radius 2 is 0.705 bits per heavy atom. The molecule has 0 fully saturated rings. The molecule has 0 aliphatic rings. The number of allylic oxidation sites excluding steroid dienone is 3. The average molecular weight is 1120 g/mol. The molecule has 9 heteroatoms. The lowest BCUT2D eigenvalue weighted by Gasteiger charge is -2.25. The van der Waals surface area contributed by atoms with Crippen LogP contribution in [0.15, 0.2) is 24.3 Å². The van der Waals surface area contributed by atoms with E-state index in [4.69, 9.17) is 9.05 Å². The molecule has 0 saturated carbocycles. The molecular formula is C69H138N2O6P+. The van der Waals surface area contributed by atoms with Crippen molar-refractivity contribution in [1.82, 2.24) is 5.32 Å². The molecule has 0 aromatic rings. The van der Waals surface area contributed by atoms with Crippen molar-refractivity contribution in [1.29, 1.82) is 0 Å². The van der Waals surface area contributed by atoms with Gasteiger partial charge in [0.25, 0.3) is 0 Å². The summed E-state index contributed by atoms with van der Waals surface area (Å²) < 4.78 is 23.8. The number of aliphatic hydroxyl groups is 1. The molecule has 3 unspecified atom stereocenters. The minimum Gasteiger partial charge on any atom is -0.387 e. The van der Waals surface area contributed by atoms with E-state index in [0.29, 0.717) is 17.4 Å². The zero-order valence-corrected chi connectivity index (χ0v) is 54.1. The Balaban J connectivity index is 4.08. The minimum atomic E-state index is -4.36. The van der Waals surface area contributed by atoms with Crippen molar-refractivity contribution < 1.29 is 32.9 Å². The third kappa shape index (κ3) is 62.6. The van der Waals surface area contributed by atoms with Gasteiger partial charge in [-0.1, -0.05) is 346 Å². The molecule has 0 saturated heterocycles. The van der Waals surface area contributed by atoms with Crippen molar-refractivity contribution in [2.45, 2.75) is 373 Å². The monoisotopic (exact) mass is 1120 g/mol. The summed E-state index contributed by atoms with van der Waals surface area (Å²) in [6.07, 6.45) is 79.0. The van der Waals surface area contributed by atoms with Crippen molar-refractivity contribution in [3.63, 3.8) is 0 Å². The van der Waals surface area contributed by atoms with Crippen LogP contribution in [0.5, 0.6) is 0 Å². The quantitative estimate of drug-likeness (QED) is 0.0243. The van der Waals surface area contributed by atoms with Crippen LogP contribution in [0.25, 0.3) is 0 Å². The number of phosphoric acid groups is 1. The third-order valence-electron chi connectivity index (χ3n) is 16.2. The van der Waals surface area contributed by atoms with Gasteiger partial charge >= 0.3 is 7.82 Å². The van der Waals surface area contributed by atoms with Crippen LogP contribution in [0.2, 0.25) is 0 Å². The Hall–Kier alpha value is -1.02. The van der Waals surface area contributed by atoms with Crippen LogP contribution in [0.3, 0.4) is 0 Å². The summed E-state index contributed by atoms with van der Waals surface area (Å²) in [6.45, 7) is 4.86. The highest BCUT2D eigenvalue weighted by atomic mass is 31.2. The fourth-order valence-electron chi connectivity index (χ4n) is 10.8.